The summed E-state index contributed by atoms with van der Waals surface area (Å²) in [5.74, 6) is -1.73. The molecular formula is C15H14F4N2. The maximum absolute atomic E-state index is 14.1. The SMILES string of the molecule is CC(c1ccccn1)C(N)c1cccc(C(F)(F)F)c1F. The highest BCUT2D eigenvalue weighted by atomic mass is 19.4. The second kappa shape index (κ2) is 5.81. The first kappa shape index (κ1) is 15.4. The molecule has 6 heteroatoms. The first-order valence-electron chi connectivity index (χ1n) is 6.34. The molecule has 2 atom stereocenters. The van der Waals surface area contributed by atoms with Gasteiger partial charge in [0.05, 0.1) is 5.56 Å². The van der Waals surface area contributed by atoms with Crippen LogP contribution in [0.2, 0.25) is 0 Å². The minimum atomic E-state index is -4.74. The van der Waals surface area contributed by atoms with Crippen molar-refractivity contribution in [3.63, 3.8) is 0 Å². The fourth-order valence-electron chi connectivity index (χ4n) is 2.12. The zero-order chi connectivity index (χ0) is 15.6. The van der Waals surface area contributed by atoms with Gasteiger partial charge in [-0.15, -0.1) is 0 Å². The Hall–Kier alpha value is -1.95. The van der Waals surface area contributed by atoms with Gasteiger partial charge in [-0.1, -0.05) is 25.1 Å². The van der Waals surface area contributed by atoms with Gasteiger partial charge in [0, 0.05) is 29.4 Å². The molecule has 2 unspecified atom stereocenters. The molecule has 1 aromatic carbocycles. The Kier molecular flexibility index (Phi) is 4.27. The molecule has 0 saturated carbocycles. The van der Waals surface area contributed by atoms with E-state index in [-0.39, 0.29) is 5.56 Å². The van der Waals surface area contributed by atoms with E-state index in [1.807, 2.05) is 0 Å². The summed E-state index contributed by atoms with van der Waals surface area (Å²) in [5, 5.41) is 0. The second-order valence-electron chi connectivity index (χ2n) is 4.78. The number of rotatable bonds is 3. The lowest BCUT2D eigenvalue weighted by Crippen LogP contribution is -2.21. The Morgan fingerprint density at radius 1 is 1.10 bits per heavy atom. The van der Waals surface area contributed by atoms with E-state index in [9.17, 15) is 17.6 Å². The van der Waals surface area contributed by atoms with Crippen molar-refractivity contribution in [1.29, 1.82) is 0 Å². The largest absolute Gasteiger partial charge is 0.419 e. The summed E-state index contributed by atoms with van der Waals surface area (Å²) in [6.45, 7) is 1.70. The fraction of sp³-hybridized carbons (Fsp3) is 0.267. The summed E-state index contributed by atoms with van der Waals surface area (Å²) in [6.07, 6.45) is -3.19. The average molecular weight is 298 g/mol. The molecule has 0 aliphatic carbocycles. The van der Waals surface area contributed by atoms with Crippen LogP contribution in [0.15, 0.2) is 42.6 Å². The Morgan fingerprint density at radius 2 is 1.81 bits per heavy atom. The van der Waals surface area contributed by atoms with E-state index < -0.39 is 29.5 Å². The summed E-state index contributed by atoms with van der Waals surface area (Å²) in [6, 6.07) is 7.39. The standard InChI is InChI=1S/C15H14F4N2/c1-9(12-7-2-3-8-21-12)14(20)10-5-4-6-11(13(10)16)15(17,18)19/h2-9,14H,20H2,1H3. The van der Waals surface area contributed by atoms with Crippen molar-refractivity contribution in [1.82, 2.24) is 4.98 Å². The van der Waals surface area contributed by atoms with E-state index in [0.717, 1.165) is 6.07 Å². The van der Waals surface area contributed by atoms with Gasteiger partial charge in [0.25, 0.3) is 0 Å². The van der Waals surface area contributed by atoms with Gasteiger partial charge in [-0.2, -0.15) is 13.2 Å². The van der Waals surface area contributed by atoms with Gasteiger partial charge in [0.1, 0.15) is 5.82 Å². The summed E-state index contributed by atoms with van der Waals surface area (Å²) in [4.78, 5) is 4.10. The lowest BCUT2D eigenvalue weighted by Gasteiger charge is -2.21. The number of hydrogen-bond acceptors (Lipinski definition) is 2. The number of alkyl halides is 3. The lowest BCUT2D eigenvalue weighted by atomic mass is 9.91. The minimum absolute atomic E-state index is 0.164. The van der Waals surface area contributed by atoms with Crippen molar-refractivity contribution in [3.05, 3.63) is 65.2 Å². The summed E-state index contributed by atoms with van der Waals surface area (Å²) in [5.41, 5.74) is 5.07. The zero-order valence-corrected chi connectivity index (χ0v) is 11.2. The van der Waals surface area contributed by atoms with Crippen LogP contribution in [0.1, 0.15) is 35.7 Å². The van der Waals surface area contributed by atoms with Crippen LogP contribution >= 0.6 is 0 Å². The van der Waals surface area contributed by atoms with Crippen LogP contribution in [-0.4, -0.2) is 4.98 Å². The highest BCUT2D eigenvalue weighted by molar-refractivity contribution is 5.32. The molecule has 112 valence electrons. The quantitative estimate of drug-likeness (QED) is 0.868. The van der Waals surface area contributed by atoms with E-state index >= 15 is 0 Å². The number of hydrogen-bond donors (Lipinski definition) is 1. The molecule has 0 aliphatic rings. The number of pyridine rings is 1. The molecule has 0 bridgehead atoms. The molecule has 0 amide bonds. The van der Waals surface area contributed by atoms with Gasteiger partial charge in [-0.3, -0.25) is 4.98 Å². The molecule has 2 nitrogen and oxygen atoms in total. The number of aromatic nitrogens is 1. The van der Waals surface area contributed by atoms with Crippen LogP contribution in [-0.2, 0) is 6.18 Å². The van der Waals surface area contributed by atoms with Gasteiger partial charge < -0.3 is 5.73 Å². The average Bonchev–Trinajstić information content (AvgIpc) is 2.45. The first-order valence-corrected chi connectivity index (χ1v) is 6.34. The molecule has 1 aromatic heterocycles. The smallest absolute Gasteiger partial charge is 0.323 e. The van der Waals surface area contributed by atoms with Crippen LogP contribution in [0.3, 0.4) is 0 Å². The van der Waals surface area contributed by atoms with Crippen LogP contribution in [0.25, 0.3) is 0 Å². The predicted octanol–water partition coefficient (Wildman–Crippen LogP) is 4.04. The number of benzene rings is 1. The fourth-order valence-corrected chi connectivity index (χ4v) is 2.12. The Morgan fingerprint density at radius 3 is 2.38 bits per heavy atom. The van der Waals surface area contributed by atoms with Crippen LogP contribution < -0.4 is 5.73 Å². The normalized spacial score (nSPS) is 14.8. The van der Waals surface area contributed by atoms with Crippen LogP contribution in [0, 0.1) is 5.82 Å². The molecule has 21 heavy (non-hydrogen) atoms. The highest BCUT2D eigenvalue weighted by Crippen LogP contribution is 2.36. The summed E-state index contributed by atoms with van der Waals surface area (Å²) < 4.78 is 52.2. The molecule has 2 aromatic rings. The molecule has 0 saturated heterocycles. The molecule has 0 radical (unpaired) electrons. The van der Waals surface area contributed by atoms with Crippen molar-refractivity contribution >= 4 is 0 Å². The number of nitrogens with two attached hydrogens (primary N) is 1. The Bertz CT molecular complexity index is 611. The van der Waals surface area contributed by atoms with Crippen molar-refractivity contribution in [3.8, 4) is 0 Å². The van der Waals surface area contributed by atoms with Crippen molar-refractivity contribution in [2.24, 2.45) is 5.73 Å². The van der Waals surface area contributed by atoms with E-state index in [1.165, 1.54) is 6.07 Å². The van der Waals surface area contributed by atoms with Gasteiger partial charge in [-0.05, 0) is 18.2 Å². The highest BCUT2D eigenvalue weighted by Gasteiger charge is 2.36. The monoisotopic (exact) mass is 298 g/mol. The molecule has 2 N–H and O–H groups in total. The topological polar surface area (TPSA) is 38.9 Å². The molecule has 2 rings (SSSR count). The zero-order valence-electron chi connectivity index (χ0n) is 11.2. The van der Waals surface area contributed by atoms with Gasteiger partial charge in [0.2, 0.25) is 0 Å². The van der Waals surface area contributed by atoms with Crippen molar-refractivity contribution in [2.75, 3.05) is 0 Å². The minimum Gasteiger partial charge on any atom is -0.323 e. The predicted molar refractivity (Wildman–Crippen MR) is 71.0 cm³/mol. The van der Waals surface area contributed by atoms with Crippen LogP contribution in [0.4, 0.5) is 17.6 Å². The van der Waals surface area contributed by atoms with Crippen molar-refractivity contribution < 1.29 is 17.6 Å². The third kappa shape index (κ3) is 3.21. The molecule has 0 spiro atoms. The summed E-state index contributed by atoms with van der Waals surface area (Å²) >= 11 is 0. The second-order valence-corrected chi connectivity index (χ2v) is 4.78. The van der Waals surface area contributed by atoms with Crippen molar-refractivity contribution in [2.45, 2.75) is 25.1 Å². The maximum atomic E-state index is 14.1. The molecule has 0 aliphatic heterocycles. The van der Waals surface area contributed by atoms with E-state index in [0.29, 0.717) is 11.8 Å². The van der Waals surface area contributed by atoms with Gasteiger partial charge in [-0.25, -0.2) is 4.39 Å². The third-order valence-corrected chi connectivity index (χ3v) is 3.39. The third-order valence-electron chi connectivity index (χ3n) is 3.39. The van der Waals surface area contributed by atoms with E-state index in [2.05, 4.69) is 4.98 Å². The first-order chi connectivity index (χ1) is 9.82. The molecular weight excluding hydrogens is 284 g/mol. The molecule has 1 heterocycles. The number of halogens is 4. The maximum Gasteiger partial charge on any atom is 0.419 e. The lowest BCUT2D eigenvalue weighted by molar-refractivity contribution is -0.140. The van der Waals surface area contributed by atoms with E-state index in [4.69, 9.17) is 5.73 Å². The van der Waals surface area contributed by atoms with E-state index in [1.54, 1.807) is 31.3 Å². The van der Waals surface area contributed by atoms with Gasteiger partial charge in [0.15, 0.2) is 0 Å². The van der Waals surface area contributed by atoms with Gasteiger partial charge >= 0.3 is 6.18 Å². The number of nitrogens with zero attached hydrogens (tertiary/aromatic N) is 1. The Balaban J connectivity index is 2.38. The molecule has 0 fully saturated rings. The van der Waals surface area contributed by atoms with Crippen LogP contribution in [0.5, 0.6) is 0 Å². The Labute approximate surface area is 119 Å². The summed E-state index contributed by atoms with van der Waals surface area (Å²) in [7, 11) is 0.